The fourth-order valence-corrected chi connectivity index (χ4v) is 3.17. The van der Waals surface area contributed by atoms with Crippen molar-refractivity contribution < 1.29 is 4.74 Å². The molecule has 3 rings (SSSR count). The predicted octanol–water partition coefficient (Wildman–Crippen LogP) is 3.65. The topological polar surface area (TPSA) is 39.9 Å². The van der Waals surface area contributed by atoms with Crippen LogP contribution >= 0.6 is 11.8 Å². The molecule has 0 spiro atoms. The summed E-state index contributed by atoms with van der Waals surface area (Å²) in [6, 6.07) is 8.15. The fraction of sp³-hybridized carbons (Fsp3) is 0.500. The molecule has 1 aromatic heterocycles. The summed E-state index contributed by atoms with van der Waals surface area (Å²) in [4.78, 5) is 0. The van der Waals surface area contributed by atoms with Gasteiger partial charge in [-0.25, -0.2) is 0 Å². The highest BCUT2D eigenvalue weighted by atomic mass is 32.2. The van der Waals surface area contributed by atoms with Crippen molar-refractivity contribution in [1.29, 1.82) is 0 Å². The van der Waals surface area contributed by atoms with Gasteiger partial charge in [0.25, 0.3) is 0 Å². The van der Waals surface area contributed by atoms with Crippen molar-refractivity contribution in [1.82, 2.24) is 14.8 Å². The molecule has 0 radical (unpaired) electrons. The van der Waals surface area contributed by atoms with Crippen LogP contribution in [0.5, 0.6) is 5.75 Å². The van der Waals surface area contributed by atoms with Gasteiger partial charge < -0.3 is 9.30 Å². The maximum atomic E-state index is 5.77. The number of nitrogens with zero attached hydrogens (tertiary/aromatic N) is 3. The van der Waals surface area contributed by atoms with Crippen molar-refractivity contribution in [2.75, 3.05) is 12.4 Å². The van der Waals surface area contributed by atoms with Crippen LogP contribution in [0.4, 0.5) is 0 Å². The lowest BCUT2D eigenvalue weighted by Crippen LogP contribution is -2.04. The van der Waals surface area contributed by atoms with Crippen molar-refractivity contribution in [3.8, 4) is 5.75 Å². The summed E-state index contributed by atoms with van der Waals surface area (Å²) in [5, 5.41) is 9.70. The van der Waals surface area contributed by atoms with Gasteiger partial charge in [-0.3, -0.25) is 0 Å². The Kier molecular flexibility index (Phi) is 4.48. The lowest BCUT2D eigenvalue weighted by molar-refractivity contribution is 0.343. The second-order valence-electron chi connectivity index (χ2n) is 5.37. The number of ether oxygens (including phenoxy) is 1. The second kappa shape index (κ2) is 6.52. The van der Waals surface area contributed by atoms with Gasteiger partial charge in [0.2, 0.25) is 0 Å². The minimum Gasteiger partial charge on any atom is -0.493 e. The van der Waals surface area contributed by atoms with Gasteiger partial charge in [0.1, 0.15) is 11.6 Å². The average molecular weight is 303 g/mol. The smallest absolute Gasteiger partial charge is 0.191 e. The van der Waals surface area contributed by atoms with Gasteiger partial charge in [-0.15, -0.1) is 10.2 Å². The van der Waals surface area contributed by atoms with E-state index in [4.69, 9.17) is 4.74 Å². The predicted molar refractivity (Wildman–Crippen MR) is 85.1 cm³/mol. The number of hydrogen-bond donors (Lipinski definition) is 0. The zero-order valence-electron chi connectivity index (χ0n) is 12.6. The van der Waals surface area contributed by atoms with E-state index >= 15 is 0 Å². The first kappa shape index (κ1) is 14.4. The van der Waals surface area contributed by atoms with Crippen LogP contribution in [-0.2, 0) is 6.54 Å². The van der Waals surface area contributed by atoms with Crippen molar-refractivity contribution in [2.24, 2.45) is 0 Å². The number of benzene rings is 1. The number of aryl methyl sites for hydroxylation is 1. The molecule has 0 bridgehead atoms. The van der Waals surface area contributed by atoms with E-state index in [-0.39, 0.29) is 0 Å². The molecule has 1 aliphatic rings. The van der Waals surface area contributed by atoms with E-state index in [1.165, 1.54) is 24.2 Å². The van der Waals surface area contributed by atoms with Crippen LogP contribution in [0.3, 0.4) is 0 Å². The van der Waals surface area contributed by atoms with E-state index < -0.39 is 0 Å². The monoisotopic (exact) mass is 303 g/mol. The van der Waals surface area contributed by atoms with Gasteiger partial charge in [-0.05, 0) is 44.4 Å². The molecule has 21 heavy (non-hydrogen) atoms. The molecule has 0 N–H and O–H groups in total. The molecule has 0 atom stereocenters. The highest BCUT2D eigenvalue weighted by Crippen LogP contribution is 2.39. The highest BCUT2D eigenvalue weighted by Gasteiger charge is 2.29. The van der Waals surface area contributed by atoms with Gasteiger partial charge in [0, 0.05) is 18.2 Å². The quantitative estimate of drug-likeness (QED) is 0.578. The van der Waals surface area contributed by atoms with Crippen LogP contribution in [0.1, 0.15) is 37.1 Å². The van der Waals surface area contributed by atoms with Gasteiger partial charge >= 0.3 is 0 Å². The molecule has 4 nitrogen and oxygen atoms in total. The van der Waals surface area contributed by atoms with E-state index in [0.717, 1.165) is 23.2 Å². The normalized spacial score (nSPS) is 14.4. The molecule has 0 unspecified atom stereocenters. The zero-order chi connectivity index (χ0) is 14.7. The molecular formula is C16H21N3OS. The Morgan fingerprint density at radius 3 is 2.90 bits per heavy atom. The Morgan fingerprint density at radius 2 is 2.19 bits per heavy atom. The SMILES string of the molecule is CCn1c(SCCOc2cccc(C)c2)nnc1C1CC1. The Labute approximate surface area is 129 Å². The first-order valence-electron chi connectivity index (χ1n) is 7.53. The minimum absolute atomic E-state index is 0.648. The summed E-state index contributed by atoms with van der Waals surface area (Å²) >= 11 is 1.73. The summed E-state index contributed by atoms with van der Waals surface area (Å²) < 4.78 is 8.02. The van der Waals surface area contributed by atoms with Gasteiger partial charge in [-0.1, -0.05) is 23.9 Å². The zero-order valence-corrected chi connectivity index (χ0v) is 13.4. The third-order valence-electron chi connectivity index (χ3n) is 3.58. The average Bonchev–Trinajstić information content (AvgIpc) is 3.24. The third-order valence-corrected chi connectivity index (χ3v) is 4.51. The molecule has 1 aromatic carbocycles. The third kappa shape index (κ3) is 3.59. The number of thioether (sulfide) groups is 1. The van der Waals surface area contributed by atoms with Crippen LogP contribution in [0.25, 0.3) is 0 Å². The molecule has 1 heterocycles. The van der Waals surface area contributed by atoms with Crippen molar-refractivity contribution in [3.63, 3.8) is 0 Å². The maximum Gasteiger partial charge on any atom is 0.191 e. The summed E-state index contributed by atoms with van der Waals surface area (Å²) in [6.45, 7) is 5.86. The lowest BCUT2D eigenvalue weighted by Gasteiger charge is -2.08. The van der Waals surface area contributed by atoms with Crippen LogP contribution in [-0.4, -0.2) is 27.1 Å². The van der Waals surface area contributed by atoms with Gasteiger partial charge in [-0.2, -0.15) is 0 Å². The first-order valence-corrected chi connectivity index (χ1v) is 8.52. The fourth-order valence-electron chi connectivity index (χ4n) is 2.35. The van der Waals surface area contributed by atoms with Gasteiger partial charge in [0.05, 0.1) is 6.61 Å². The number of aromatic nitrogens is 3. The standard InChI is InChI=1S/C16H21N3OS/c1-3-19-15(13-7-8-13)17-18-16(19)21-10-9-20-14-6-4-5-12(2)11-14/h4-6,11,13H,3,7-10H2,1-2H3. The molecule has 0 amide bonds. The minimum atomic E-state index is 0.648. The molecule has 0 saturated heterocycles. The summed E-state index contributed by atoms with van der Waals surface area (Å²) in [7, 11) is 0. The molecule has 1 aliphatic carbocycles. The molecular weight excluding hydrogens is 282 g/mol. The molecule has 5 heteroatoms. The van der Waals surface area contributed by atoms with Crippen LogP contribution < -0.4 is 4.74 Å². The van der Waals surface area contributed by atoms with E-state index in [9.17, 15) is 0 Å². The van der Waals surface area contributed by atoms with Crippen molar-refractivity contribution in [3.05, 3.63) is 35.7 Å². The van der Waals surface area contributed by atoms with Gasteiger partial charge in [0.15, 0.2) is 5.16 Å². The second-order valence-corrected chi connectivity index (χ2v) is 6.43. The lowest BCUT2D eigenvalue weighted by atomic mass is 10.2. The summed E-state index contributed by atoms with van der Waals surface area (Å²) in [5.74, 6) is 3.64. The molecule has 1 fully saturated rings. The van der Waals surface area contributed by atoms with Crippen LogP contribution in [0.15, 0.2) is 29.4 Å². The molecule has 1 saturated carbocycles. The molecule has 0 aliphatic heterocycles. The first-order chi connectivity index (χ1) is 10.3. The number of hydrogen-bond acceptors (Lipinski definition) is 4. The van der Waals surface area contributed by atoms with Crippen LogP contribution in [0, 0.1) is 6.92 Å². The van der Waals surface area contributed by atoms with E-state index in [2.05, 4.69) is 40.7 Å². The van der Waals surface area contributed by atoms with E-state index in [1.54, 1.807) is 11.8 Å². The Bertz CT molecular complexity index is 607. The van der Waals surface area contributed by atoms with E-state index in [1.807, 2.05) is 12.1 Å². The van der Waals surface area contributed by atoms with E-state index in [0.29, 0.717) is 12.5 Å². The largest absolute Gasteiger partial charge is 0.493 e. The highest BCUT2D eigenvalue weighted by molar-refractivity contribution is 7.99. The molecule has 112 valence electrons. The molecule has 2 aromatic rings. The van der Waals surface area contributed by atoms with Crippen LogP contribution in [0.2, 0.25) is 0 Å². The summed E-state index contributed by atoms with van der Waals surface area (Å²) in [6.07, 6.45) is 2.53. The summed E-state index contributed by atoms with van der Waals surface area (Å²) in [5.41, 5.74) is 1.22. The Morgan fingerprint density at radius 1 is 1.33 bits per heavy atom. The Balaban J connectivity index is 1.51. The Hall–Kier alpha value is -1.49. The van der Waals surface area contributed by atoms with Crippen molar-refractivity contribution >= 4 is 11.8 Å². The maximum absolute atomic E-state index is 5.77. The number of rotatable bonds is 7. The van der Waals surface area contributed by atoms with Crippen molar-refractivity contribution in [2.45, 2.75) is 44.3 Å².